The number of nitrogens with zero attached hydrogens (tertiary/aromatic N) is 2. The van der Waals surface area contributed by atoms with E-state index in [4.69, 9.17) is 4.74 Å². The summed E-state index contributed by atoms with van der Waals surface area (Å²) in [6.45, 7) is 3.11. The molecule has 0 spiro atoms. The second-order valence-corrected chi connectivity index (χ2v) is 11.0. The zero-order chi connectivity index (χ0) is 29.4. The number of alkyl halides is 6. The van der Waals surface area contributed by atoms with E-state index in [1.54, 1.807) is 18.3 Å². The molecule has 2 aliphatic rings. The van der Waals surface area contributed by atoms with Crippen molar-refractivity contribution in [2.24, 2.45) is 5.92 Å². The second-order valence-electron chi connectivity index (χ2n) is 11.0. The topological polar surface area (TPSA) is 25.4 Å². The highest BCUT2D eigenvalue weighted by atomic mass is 19.4. The normalized spacial score (nSPS) is 24.6. The molecule has 1 saturated carbocycles. The van der Waals surface area contributed by atoms with Crippen LogP contribution in [0.2, 0.25) is 0 Å². The summed E-state index contributed by atoms with van der Waals surface area (Å²) in [6, 6.07) is 11.8. The first-order valence-electron chi connectivity index (χ1n) is 13.7. The van der Waals surface area contributed by atoms with Gasteiger partial charge >= 0.3 is 12.4 Å². The van der Waals surface area contributed by atoms with Gasteiger partial charge < -0.3 is 4.74 Å². The van der Waals surface area contributed by atoms with Gasteiger partial charge in [-0.2, -0.15) is 26.3 Å². The van der Waals surface area contributed by atoms with Crippen molar-refractivity contribution in [1.29, 1.82) is 0 Å². The predicted octanol–water partition coefficient (Wildman–Crippen LogP) is 8.74. The van der Waals surface area contributed by atoms with Crippen molar-refractivity contribution in [1.82, 2.24) is 9.88 Å². The molecule has 5 atom stereocenters. The standard InChI is InChI=1S/C31H31F7N2O/c1-19(23-14-24(30(33,34)35)16-25(15-23)31(36,37)38)41-28-11-8-22(29(28)20-6-9-26(32)10-7-20)18-40-13-3-5-27(40)21-4-2-12-39-17-21/h2,4,6-7,9-10,12,14-17,19,22,27-29H,3,5,8,11,13,18H2,1H3/t19-,22?,27+,28?,29?/m1/s1. The minimum atomic E-state index is -4.94. The Morgan fingerprint density at radius 2 is 1.59 bits per heavy atom. The van der Waals surface area contributed by atoms with Crippen LogP contribution in [0, 0.1) is 11.7 Å². The van der Waals surface area contributed by atoms with Crippen molar-refractivity contribution in [2.75, 3.05) is 13.1 Å². The van der Waals surface area contributed by atoms with E-state index in [0.717, 1.165) is 55.6 Å². The smallest absolute Gasteiger partial charge is 0.370 e. The third-order valence-corrected chi connectivity index (χ3v) is 8.35. The first-order valence-corrected chi connectivity index (χ1v) is 13.7. The quantitative estimate of drug-likeness (QED) is 0.261. The van der Waals surface area contributed by atoms with Crippen LogP contribution >= 0.6 is 0 Å². The number of halogens is 7. The van der Waals surface area contributed by atoms with Crippen LogP contribution in [-0.4, -0.2) is 29.1 Å². The highest BCUT2D eigenvalue weighted by molar-refractivity contribution is 5.35. The maximum absolute atomic E-state index is 13.8. The summed E-state index contributed by atoms with van der Waals surface area (Å²) in [7, 11) is 0. The molecule has 220 valence electrons. The van der Waals surface area contributed by atoms with Crippen LogP contribution < -0.4 is 0 Å². The van der Waals surface area contributed by atoms with E-state index in [0.29, 0.717) is 6.42 Å². The Hall–Kier alpha value is -2.98. The SMILES string of the molecule is C[C@@H](OC1CCC(CN2CCC[C@H]2c2cccnc2)C1c1ccc(F)cc1)c1cc(C(F)(F)F)cc(C(F)(F)F)c1. The predicted molar refractivity (Wildman–Crippen MR) is 139 cm³/mol. The molecule has 5 rings (SSSR count). The van der Waals surface area contributed by atoms with Crippen LogP contribution in [0.1, 0.15) is 78.5 Å². The van der Waals surface area contributed by atoms with Crippen LogP contribution in [0.3, 0.4) is 0 Å². The van der Waals surface area contributed by atoms with Crippen molar-refractivity contribution < 1.29 is 35.5 Å². The monoisotopic (exact) mass is 580 g/mol. The van der Waals surface area contributed by atoms with Gasteiger partial charge in [-0.05, 0) is 98.2 Å². The Morgan fingerprint density at radius 1 is 0.902 bits per heavy atom. The fourth-order valence-electron chi connectivity index (χ4n) is 6.42. The molecule has 2 heterocycles. The lowest BCUT2D eigenvalue weighted by atomic mass is 9.86. The van der Waals surface area contributed by atoms with Crippen molar-refractivity contribution in [3.8, 4) is 0 Å². The average Bonchev–Trinajstić information content (AvgIpc) is 3.55. The molecule has 3 unspecified atom stereocenters. The van der Waals surface area contributed by atoms with Gasteiger partial charge in [0, 0.05) is 30.9 Å². The summed E-state index contributed by atoms with van der Waals surface area (Å²) in [5.41, 5.74) is -0.957. The van der Waals surface area contributed by atoms with E-state index < -0.39 is 41.5 Å². The molecule has 0 bridgehead atoms. The van der Waals surface area contributed by atoms with Gasteiger partial charge in [0.05, 0.1) is 23.3 Å². The molecule has 2 aromatic carbocycles. The molecular formula is C31H31F7N2O. The Balaban J connectivity index is 1.41. The van der Waals surface area contributed by atoms with Gasteiger partial charge in [-0.3, -0.25) is 9.88 Å². The summed E-state index contributed by atoms with van der Waals surface area (Å²) in [5.74, 6) is -0.503. The fourth-order valence-corrected chi connectivity index (χ4v) is 6.42. The number of aromatic nitrogens is 1. The van der Waals surface area contributed by atoms with E-state index >= 15 is 0 Å². The summed E-state index contributed by atoms with van der Waals surface area (Å²) in [6.07, 6.45) is -4.42. The molecule has 0 radical (unpaired) electrons. The zero-order valence-electron chi connectivity index (χ0n) is 22.4. The molecule has 1 aromatic heterocycles. The first kappa shape index (κ1) is 29.5. The van der Waals surface area contributed by atoms with Crippen LogP contribution in [0.4, 0.5) is 30.7 Å². The number of rotatable bonds is 7. The molecule has 1 aliphatic heterocycles. The molecule has 3 nitrogen and oxygen atoms in total. The molecule has 1 aliphatic carbocycles. The van der Waals surface area contributed by atoms with Crippen molar-refractivity contribution in [3.63, 3.8) is 0 Å². The van der Waals surface area contributed by atoms with E-state index in [9.17, 15) is 30.7 Å². The largest absolute Gasteiger partial charge is 0.416 e. The average molecular weight is 581 g/mol. The third-order valence-electron chi connectivity index (χ3n) is 8.35. The minimum absolute atomic E-state index is 0.0992. The van der Waals surface area contributed by atoms with Crippen LogP contribution in [0.5, 0.6) is 0 Å². The van der Waals surface area contributed by atoms with Crippen molar-refractivity contribution >= 4 is 0 Å². The van der Waals surface area contributed by atoms with Gasteiger partial charge in [0.15, 0.2) is 0 Å². The lowest BCUT2D eigenvalue weighted by Gasteiger charge is -2.33. The summed E-state index contributed by atoms with van der Waals surface area (Å²) in [4.78, 5) is 6.67. The van der Waals surface area contributed by atoms with Gasteiger partial charge in [0.1, 0.15) is 5.82 Å². The number of benzene rings is 2. The molecule has 2 fully saturated rings. The van der Waals surface area contributed by atoms with E-state index in [-0.39, 0.29) is 29.5 Å². The van der Waals surface area contributed by atoms with E-state index in [2.05, 4.69) is 16.0 Å². The van der Waals surface area contributed by atoms with E-state index in [1.807, 2.05) is 12.3 Å². The number of likely N-dealkylation sites (tertiary alicyclic amines) is 1. The Kier molecular flexibility index (Phi) is 8.43. The summed E-state index contributed by atoms with van der Waals surface area (Å²) < 4.78 is 101. The highest BCUT2D eigenvalue weighted by Crippen LogP contribution is 2.46. The van der Waals surface area contributed by atoms with Crippen molar-refractivity contribution in [3.05, 3.63) is 101 Å². The lowest BCUT2D eigenvalue weighted by molar-refractivity contribution is -0.143. The molecule has 0 N–H and O–H groups in total. The molecular weight excluding hydrogens is 549 g/mol. The molecule has 10 heteroatoms. The molecule has 41 heavy (non-hydrogen) atoms. The lowest BCUT2D eigenvalue weighted by Crippen LogP contribution is -2.32. The molecule has 0 amide bonds. The zero-order valence-corrected chi connectivity index (χ0v) is 22.4. The van der Waals surface area contributed by atoms with Gasteiger partial charge in [0.25, 0.3) is 0 Å². The first-order chi connectivity index (χ1) is 19.4. The third kappa shape index (κ3) is 6.75. The number of hydrogen-bond acceptors (Lipinski definition) is 3. The van der Waals surface area contributed by atoms with Crippen LogP contribution in [0.15, 0.2) is 67.0 Å². The molecule has 3 aromatic rings. The minimum Gasteiger partial charge on any atom is -0.370 e. The van der Waals surface area contributed by atoms with Crippen molar-refractivity contribution in [2.45, 2.75) is 69.1 Å². The Morgan fingerprint density at radius 3 is 2.20 bits per heavy atom. The maximum atomic E-state index is 13.8. The maximum Gasteiger partial charge on any atom is 0.416 e. The van der Waals surface area contributed by atoms with Gasteiger partial charge in [-0.15, -0.1) is 0 Å². The number of hydrogen-bond donors (Lipinski definition) is 0. The van der Waals surface area contributed by atoms with E-state index in [1.165, 1.54) is 19.1 Å². The van der Waals surface area contributed by atoms with Gasteiger partial charge in [-0.25, -0.2) is 4.39 Å². The number of pyridine rings is 1. The molecule has 1 saturated heterocycles. The Bertz CT molecular complexity index is 1280. The second kappa shape index (κ2) is 11.7. The summed E-state index contributed by atoms with van der Waals surface area (Å²) >= 11 is 0. The van der Waals surface area contributed by atoms with Gasteiger partial charge in [-0.1, -0.05) is 18.2 Å². The fraction of sp³-hybridized carbons (Fsp3) is 0.452. The van der Waals surface area contributed by atoms with Crippen LogP contribution in [0.25, 0.3) is 0 Å². The summed E-state index contributed by atoms with van der Waals surface area (Å²) in [5, 5.41) is 0. The number of ether oxygens (including phenoxy) is 1. The van der Waals surface area contributed by atoms with Gasteiger partial charge in [0.2, 0.25) is 0 Å². The Labute approximate surface area is 234 Å². The highest BCUT2D eigenvalue weighted by Gasteiger charge is 2.42. The van der Waals surface area contributed by atoms with Crippen LogP contribution in [-0.2, 0) is 17.1 Å².